The van der Waals surface area contributed by atoms with Crippen LogP contribution in [0.1, 0.15) is 38.8 Å². The number of thiocarbonyl (C=S) groups is 1. The van der Waals surface area contributed by atoms with Gasteiger partial charge in [0.15, 0.2) is 0 Å². The minimum Gasteiger partial charge on any atom is -0.507 e. The van der Waals surface area contributed by atoms with Gasteiger partial charge >= 0.3 is 0 Å². The van der Waals surface area contributed by atoms with Gasteiger partial charge in [0.25, 0.3) is 0 Å². The molecule has 32 heavy (non-hydrogen) atoms. The molecule has 0 fully saturated rings. The molecule has 0 heterocycles. The molecule has 0 saturated carbocycles. The molecule has 0 amide bonds. The van der Waals surface area contributed by atoms with Crippen LogP contribution in [0.3, 0.4) is 0 Å². The van der Waals surface area contributed by atoms with E-state index >= 15 is 0 Å². The van der Waals surface area contributed by atoms with Crippen LogP contribution in [0, 0.1) is 0 Å². The summed E-state index contributed by atoms with van der Waals surface area (Å²) in [5, 5.41) is 28.7. The summed E-state index contributed by atoms with van der Waals surface area (Å²) in [5.41, 5.74) is 8.33. The first-order valence-electron chi connectivity index (χ1n) is 10.7. The van der Waals surface area contributed by atoms with E-state index in [1.165, 1.54) is 12.4 Å². The van der Waals surface area contributed by atoms with Gasteiger partial charge in [0.05, 0.1) is 12.4 Å². The molecule has 0 unspecified atom stereocenters. The van der Waals surface area contributed by atoms with Gasteiger partial charge in [-0.3, -0.25) is 10.9 Å². The third-order valence-electron chi connectivity index (χ3n) is 5.02. The highest BCUT2D eigenvalue weighted by molar-refractivity contribution is 7.80. The number of rotatable bonds is 10. The van der Waals surface area contributed by atoms with Gasteiger partial charge in [0.2, 0.25) is 5.11 Å². The summed E-state index contributed by atoms with van der Waals surface area (Å²) < 4.78 is 0. The Morgan fingerprint density at radius 1 is 0.781 bits per heavy atom. The zero-order chi connectivity index (χ0) is 23.5. The Hall–Kier alpha value is -3.33. The summed E-state index contributed by atoms with van der Waals surface area (Å²) in [5.74, 6) is 0.279. The number of phenols is 2. The van der Waals surface area contributed by atoms with Crippen molar-refractivity contribution in [1.82, 2.24) is 10.9 Å². The highest BCUT2D eigenvalue weighted by Crippen LogP contribution is 2.24. The summed E-state index contributed by atoms with van der Waals surface area (Å²) in [4.78, 5) is 4.29. The third-order valence-corrected chi connectivity index (χ3v) is 5.21. The van der Waals surface area contributed by atoms with E-state index in [1.807, 2.05) is 12.1 Å². The molecule has 9 heteroatoms. The van der Waals surface area contributed by atoms with Crippen LogP contribution >= 0.6 is 12.2 Å². The van der Waals surface area contributed by atoms with Crippen LogP contribution in [0.5, 0.6) is 11.5 Å². The summed E-state index contributed by atoms with van der Waals surface area (Å²) in [6.07, 6.45) is 2.97. The van der Waals surface area contributed by atoms with Crippen LogP contribution in [-0.4, -0.2) is 53.9 Å². The number of hydrogen-bond acceptors (Lipinski definition) is 7. The van der Waals surface area contributed by atoms with E-state index in [1.54, 1.807) is 24.3 Å². The maximum atomic E-state index is 10.2. The van der Waals surface area contributed by atoms with Crippen molar-refractivity contribution in [3.05, 3.63) is 47.5 Å². The molecule has 0 aliphatic heterocycles. The maximum Gasteiger partial charge on any atom is 0.207 e. The Bertz CT molecular complexity index is 880. The van der Waals surface area contributed by atoms with Crippen molar-refractivity contribution in [3.8, 4) is 11.5 Å². The number of hydrogen-bond donors (Lipinski definition) is 4. The van der Waals surface area contributed by atoms with Crippen molar-refractivity contribution in [3.63, 3.8) is 0 Å². The highest BCUT2D eigenvalue weighted by Gasteiger charge is 2.07. The van der Waals surface area contributed by atoms with Crippen molar-refractivity contribution < 1.29 is 10.2 Å². The number of aromatic hydroxyl groups is 2. The Balaban J connectivity index is 1.91. The number of nitrogens with zero attached hydrogens (tertiary/aromatic N) is 4. The van der Waals surface area contributed by atoms with E-state index in [9.17, 15) is 10.2 Å². The molecular formula is C23H32N6O2S. The Morgan fingerprint density at radius 2 is 1.16 bits per heavy atom. The van der Waals surface area contributed by atoms with Crippen LogP contribution < -0.4 is 20.7 Å². The lowest BCUT2D eigenvalue weighted by molar-refractivity contribution is 0.474. The lowest BCUT2D eigenvalue weighted by Gasteiger charge is -2.21. The predicted molar refractivity (Wildman–Crippen MR) is 137 cm³/mol. The van der Waals surface area contributed by atoms with Gasteiger partial charge in [-0.25, -0.2) is 0 Å². The summed E-state index contributed by atoms with van der Waals surface area (Å²) in [6, 6.07) is 10.9. The number of benzene rings is 2. The minimum atomic E-state index is 0.139. The van der Waals surface area contributed by atoms with Gasteiger partial charge in [-0.15, -0.1) is 0 Å². The molecule has 8 nitrogen and oxygen atoms in total. The quantitative estimate of drug-likeness (QED) is 0.246. The van der Waals surface area contributed by atoms with Gasteiger partial charge in [-0.2, -0.15) is 10.2 Å². The molecule has 0 saturated heterocycles. The van der Waals surface area contributed by atoms with Crippen molar-refractivity contribution in [1.29, 1.82) is 0 Å². The monoisotopic (exact) mass is 456 g/mol. The Labute approximate surface area is 195 Å². The molecule has 0 atom stereocenters. The number of phenolic OH excluding ortho intramolecular Hbond substituents is 2. The third kappa shape index (κ3) is 6.84. The number of nitrogens with one attached hydrogen (secondary N) is 2. The SMILES string of the molecule is CCN(CC)c1ccc(/C=N/NC(=S)N/N=C/c2ccc(N(CC)CC)cc2O)c(O)c1. The van der Waals surface area contributed by atoms with Gasteiger partial charge in [0, 0.05) is 60.8 Å². The first-order chi connectivity index (χ1) is 15.4. The van der Waals surface area contributed by atoms with E-state index in [4.69, 9.17) is 12.2 Å². The van der Waals surface area contributed by atoms with Crippen molar-refractivity contribution >= 4 is 41.1 Å². The average molecular weight is 457 g/mol. The normalized spacial score (nSPS) is 11.1. The number of anilines is 2. The molecule has 2 aromatic rings. The van der Waals surface area contributed by atoms with E-state index < -0.39 is 0 Å². The second-order valence-electron chi connectivity index (χ2n) is 6.90. The molecule has 0 radical (unpaired) electrons. The fourth-order valence-electron chi connectivity index (χ4n) is 3.20. The molecule has 0 bridgehead atoms. The van der Waals surface area contributed by atoms with Crippen LogP contribution in [0.25, 0.3) is 0 Å². The molecule has 2 rings (SSSR count). The Morgan fingerprint density at radius 3 is 1.47 bits per heavy atom. The fraction of sp³-hybridized carbons (Fsp3) is 0.348. The smallest absolute Gasteiger partial charge is 0.207 e. The Kier molecular flexibility index (Phi) is 9.75. The lowest BCUT2D eigenvalue weighted by Crippen LogP contribution is -2.28. The van der Waals surface area contributed by atoms with Gasteiger partial charge in [-0.05, 0) is 64.2 Å². The summed E-state index contributed by atoms with van der Waals surface area (Å²) >= 11 is 5.14. The summed E-state index contributed by atoms with van der Waals surface area (Å²) in [7, 11) is 0. The zero-order valence-electron chi connectivity index (χ0n) is 19.0. The molecule has 172 valence electrons. The van der Waals surface area contributed by atoms with Crippen LogP contribution in [0.2, 0.25) is 0 Å². The first-order valence-corrected chi connectivity index (χ1v) is 11.1. The van der Waals surface area contributed by atoms with Crippen molar-refractivity contribution in [2.45, 2.75) is 27.7 Å². The lowest BCUT2D eigenvalue weighted by atomic mass is 10.2. The molecule has 2 aromatic carbocycles. The second-order valence-corrected chi connectivity index (χ2v) is 7.31. The van der Waals surface area contributed by atoms with Crippen molar-refractivity contribution in [2.24, 2.45) is 10.2 Å². The topological polar surface area (TPSA) is 95.7 Å². The van der Waals surface area contributed by atoms with E-state index in [0.29, 0.717) is 11.1 Å². The molecule has 0 aliphatic rings. The standard InChI is InChI=1S/C23H32N6O2S/c1-5-28(6-2)19-11-9-17(21(30)13-19)15-24-26-23(32)27-25-16-18-10-12-20(14-22(18)31)29(7-3)8-4/h9-16,30-31H,5-8H2,1-4H3,(H2,26,27,32)/b24-15+,25-16+. The molecule has 0 aromatic heterocycles. The van der Waals surface area contributed by atoms with Crippen LogP contribution in [0.15, 0.2) is 46.6 Å². The minimum absolute atomic E-state index is 0.139. The zero-order valence-corrected chi connectivity index (χ0v) is 19.9. The second kappa shape index (κ2) is 12.5. The first kappa shape index (κ1) is 24.9. The highest BCUT2D eigenvalue weighted by atomic mass is 32.1. The van der Waals surface area contributed by atoms with Gasteiger partial charge in [-0.1, -0.05) is 0 Å². The summed E-state index contributed by atoms with van der Waals surface area (Å²) in [6.45, 7) is 11.7. The van der Waals surface area contributed by atoms with E-state index in [-0.39, 0.29) is 16.6 Å². The van der Waals surface area contributed by atoms with Crippen LogP contribution in [0.4, 0.5) is 11.4 Å². The molecule has 0 aliphatic carbocycles. The van der Waals surface area contributed by atoms with Gasteiger partial charge in [0.1, 0.15) is 11.5 Å². The van der Waals surface area contributed by atoms with Crippen molar-refractivity contribution in [2.75, 3.05) is 36.0 Å². The molecular weight excluding hydrogens is 424 g/mol. The van der Waals surface area contributed by atoms with E-state index in [0.717, 1.165) is 37.6 Å². The van der Waals surface area contributed by atoms with Crippen LogP contribution in [-0.2, 0) is 0 Å². The number of hydrazone groups is 2. The predicted octanol–water partition coefficient (Wildman–Crippen LogP) is 3.62. The maximum absolute atomic E-state index is 10.2. The molecule has 4 N–H and O–H groups in total. The molecule has 0 spiro atoms. The largest absolute Gasteiger partial charge is 0.507 e. The fourth-order valence-corrected chi connectivity index (χ4v) is 3.30. The van der Waals surface area contributed by atoms with E-state index in [2.05, 4.69) is 58.5 Å². The average Bonchev–Trinajstić information content (AvgIpc) is 2.78. The van der Waals surface area contributed by atoms with Gasteiger partial charge < -0.3 is 20.0 Å².